The summed E-state index contributed by atoms with van der Waals surface area (Å²) in [4.78, 5) is 14.1. The van der Waals surface area contributed by atoms with Crippen molar-refractivity contribution >= 4 is 34.4 Å². The number of carbonyl (C=O) groups is 1. The minimum atomic E-state index is -0.457. The largest absolute Gasteiger partial charge is 0.463 e. The lowest BCUT2D eigenvalue weighted by Gasteiger charge is -2.23. The van der Waals surface area contributed by atoms with Crippen molar-refractivity contribution in [3.8, 4) is 6.07 Å². The Labute approximate surface area is 212 Å². The molecule has 0 aliphatic heterocycles. The molecule has 0 aliphatic carbocycles. The van der Waals surface area contributed by atoms with Gasteiger partial charge < -0.3 is 9.64 Å². The van der Waals surface area contributed by atoms with Crippen molar-refractivity contribution < 1.29 is 9.53 Å². The second kappa shape index (κ2) is 12.4. The predicted molar refractivity (Wildman–Crippen MR) is 141 cm³/mol. The maximum atomic E-state index is 12.1. The Morgan fingerprint density at radius 3 is 1.67 bits per heavy atom. The molecule has 0 aliphatic rings. The van der Waals surface area contributed by atoms with E-state index in [4.69, 9.17) is 10.00 Å². The third kappa shape index (κ3) is 7.57. The summed E-state index contributed by atoms with van der Waals surface area (Å²) < 4.78 is 5.42. The zero-order valence-electron chi connectivity index (χ0n) is 21.0. The van der Waals surface area contributed by atoms with Crippen LogP contribution in [-0.4, -0.2) is 26.2 Å². The maximum absolute atomic E-state index is 12.1. The first-order valence-corrected chi connectivity index (χ1v) is 11.7. The van der Waals surface area contributed by atoms with Crippen molar-refractivity contribution in [2.75, 3.05) is 25.1 Å². The molecule has 0 fully saturated rings. The van der Waals surface area contributed by atoms with Gasteiger partial charge in [-0.25, -0.2) is 0 Å². The van der Waals surface area contributed by atoms with Gasteiger partial charge in [-0.2, -0.15) is 25.7 Å². The molecule has 0 atom stereocenters. The number of benzene rings is 3. The van der Waals surface area contributed by atoms with Crippen LogP contribution in [0, 0.1) is 16.7 Å². The summed E-state index contributed by atoms with van der Waals surface area (Å²) in [7, 11) is 1.95. The highest BCUT2D eigenvalue weighted by molar-refractivity contribution is 5.75. The van der Waals surface area contributed by atoms with Gasteiger partial charge in [0.2, 0.25) is 0 Å². The fourth-order valence-corrected chi connectivity index (χ4v) is 2.94. The van der Waals surface area contributed by atoms with Gasteiger partial charge in [-0.15, -0.1) is 0 Å². The second-order valence-electron chi connectivity index (χ2n) is 8.89. The van der Waals surface area contributed by atoms with E-state index in [1.54, 1.807) is 24.3 Å². The first kappa shape index (κ1) is 26.2. The molecule has 3 aromatic carbocycles. The molecule has 36 heavy (non-hydrogen) atoms. The van der Waals surface area contributed by atoms with E-state index in [2.05, 4.69) is 26.5 Å². The number of hydrogen-bond donors (Lipinski definition) is 0. The molecule has 3 rings (SSSR count). The van der Waals surface area contributed by atoms with Gasteiger partial charge in [0.25, 0.3) is 0 Å². The van der Waals surface area contributed by atoms with E-state index in [0.717, 1.165) is 17.8 Å². The number of esters is 1. The molecule has 3 aromatic rings. The Bertz CT molecular complexity index is 1240. The number of hydrogen-bond acceptors (Lipinski definition) is 8. The first-order valence-electron chi connectivity index (χ1n) is 11.7. The summed E-state index contributed by atoms with van der Waals surface area (Å²) in [6.07, 6.45) is 0.743. The maximum Gasteiger partial charge on any atom is 0.311 e. The van der Waals surface area contributed by atoms with E-state index in [0.29, 0.717) is 35.8 Å². The summed E-state index contributed by atoms with van der Waals surface area (Å²) in [6.45, 7) is 6.70. The average molecular weight is 483 g/mol. The highest BCUT2D eigenvalue weighted by Gasteiger charge is 2.26. The lowest BCUT2D eigenvalue weighted by molar-refractivity contribution is -0.153. The van der Waals surface area contributed by atoms with Crippen molar-refractivity contribution in [3.05, 3.63) is 78.4 Å². The number of nitrogens with zero attached hydrogens (tertiary/aromatic N) is 6. The van der Waals surface area contributed by atoms with Crippen LogP contribution in [-0.2, 0) is 9.53 Å². The third-order valence-corrected chi connectivity index (χ3v) is 5.79. The molecule has 8 nitrogen and oxygen atoms in total. The summed E-state index contributed by atoms with van der Waals surface area (Å²) >= 11 is 0. The standard InChI is InChI=1S/C28H30N6O2/c1-5-28(2,3)27(35)36-19-18-34(4)26-16-14-25(15-17-26)33-32-24-12-10-23(11-13-24)31-30-22-8-6-21(20-29)7-9-22/h6-17H,5,18-19H2,1-4H3. The van der Waals surface area contributed by atoms with Gasteiger partial charge in [0, 0.05) is 12.7 Å². The summed E-state index contributed by atoms with van der Waals surface area (Å²) in [6, 6.07) is 23.9. The molecule has 184 valence electrons. The van der Waals surface area contributed by atoms with Crippen molar-refractivity contribution in [1.29, 1.82) is 5.26 Å². The quantitative estimate of drug-likeness (QED) is 0.217. The lowest BCUT2D eigenvalue weighted by atomic mass is 9.91. The highest BCUT2D eigenvalue weighted by atomic mass is 16.5. The van der Waals surface area contributed by atoms with Gasteiger partial charge >= 0.3 is 5.97 Å². The minimum absolute atomic E-state index is 0.170. The van der Waals surface area contributed by atoms with Crippen LogP contribution in [0.3, 0.4) is 0 Å². The van der Waals surface area contributed by atoms with Crippen LogP contribution >= 0.6 is 0 Å². The molecule has 8 heteroatoms. The van der Waals surface area contributed by atoms with Crippen molar-refractivity contribution in [2.45, 2.75) is 27.2 Å². The third-order valence-electron chi connectivity index (χ3n) is 5.79. The van der Waals surface area contributed by atoms with Crippen LogP contribution in [0.1, 0.15) is 32.8 Å². The SMILES string of the molecule is CCC(C)(C)C(=O)OCCN(C)c1ccc(N=Nc2ccc(N=Nc3ccc(C#N)cc3)cc2)cc1. The monoisotopic (exact) mass is 482 g/mol. The second-order valence-corrected chi connectivity index (χ2v) is 8.89. The summed E-state index contributed by atoms with van der Waals surface area (Å²) in [5.74, 6) is -0.170. The van der Waals surface area contributed by atoms with E-state index < -0.39 is 5.41 Å². The molecular weight excluding hydrogens is 452 g/mol. The van der Waals surface area contributed by atoms with Gasteiger partial charge in [-0.05, 0) is 93.1 Å². The zero-order chi connectivity index (χ0) is 26.0. The number of nitriles is 1. The molecule has 0 aromatic heterocycles. The van der Waals surface area contributed by atoms with Crippen LogP contribution in [0.25, 0.3) is 0 Å². The number of likely N-dealkylation sites (N-methyl/N-ethyl adjacent to an activating group) is 1. The van der Waals surface area contributed by atoms with Gasteiger partial charge in [-0.1, -0.05) is 6.92 Å². The molecule has 0 heterocycles. The lowest BCUT2D eigenvalue weighted by Crippen LogP contribution is -2.30. The number of rotatable bonds is 10. The molecule has 0 saturated heterocycles. The Kier molecular flexibility index (Phi) is 9.01. The molecular formula is C28H30N6O2. The van der Waals surface area contributed by atoms with Crippen molar-refractivity contribution in [1.82, 2.24) is 0 Å². The van der Waals surface area contributed by atoms with Gasteiger partial charge in [0.05, 0.1) is 46.3 Å². The molecule has 0 spiro atoms. The van der Waals surface area contributed by atoms with Crippen LogP contribution < -0.4 is 4.90 Å². The molecule has 0 bridgehead atoms. The fraction of sp³-hybridized carbons (Fsp3) is 0.286. The van der Waals surface area contributed by atoms with Crippen LogP contribution in [0.2, 0.25) is 0 Å². The summed E-state index contributed by atoms with van der Waals surface area (Å²) in [5, 5.41) is 25.8. The number of anilines is 1. The van der Waals surface area contributed by atoms with Gasteiger partial charge in [0.15, 0.2) is 0 Å². The molecule has 0 saturated carbocycles. The average Bonchev–Trinajstić information content (AvgIpc) is 2.91. The van der Waals surface area contributed by atoms with Gasteiger partial charge in [0.1, 0.15) is 6.61 Å². The smallest absolute Gasteiger partial charge is 0.311 e. The Morgan fingerprint density at radius 1 is 0.833 bits per heavy atom. The van der Waals surface area contributed by atoms with Crippen LogP contribution in [0.15, 0.2) is 93.3 Å². The highest BCUT2D eigenvalue weighted by Crippen LogP contribution is 2.25. The van der Waals surface area contributed by atoms with Crippen LogP contribution in [0.5, 0.6) is 0 Å². The first-order chi connectivity index (χ1) is 17.3. The van der Waals surface area contributed by atoms with Crippen molar-refractivity contribution in [2.24, 2.45) is 25.9 Å². The topological polar surface area (TPSA) is 103 Å². The minimum Gasteiger partial charge on any atom is -0.463 e. The van der Waals surface area contributed by atoms with Gasteiger partial charge in [-0.3, -0.25) is 4.79 Å². The van der Waals surface area contributed by atoms with E-state index in [-0.39, 0.29) is 5.97 Å². The van der Waals surface area contributed by atoms with E-state index in [9.17, 15) is 4.79 Å². The Morgan fingerprint density at radius 2 is 1.25 bits per heavy atom. The fourth-order valence-electron chi connectivity index (χ4n) is 2.94. The van der Waals surface area contributed by atoms with Crippen molar-refractivity contribution in [3.63, 3.8) is 0 Å². The van der Waals surface area contributed by atoms with E-state index in [1.165, 1.54) is 0 Å². The number of azo groups is 2. The number of carbonyl (C=O) groups excluding carboxylic acids is 1. The predicted octanol–water partition coefficient (Wildman–Crippen LogP) is 7.80. The Balaban J connectivity index is 1.51. The van der Waals surface area contributed by atoms with E-state index in [1.807, 2.05) is 81.2 Å². The van der Waals surface area contributed by atoms with E-state index >= 15 is 0 Å². The molecule has 0 N–H and O–H groups in total. The van der Waals surface area contributed by atoms with Crippen LogP contribution in [0.4, 0.5) is 28.4 Å². The molecule has 0 radical (unpaired) electrons. The normalized spacial score (nSPS) is 11.5. The molecule has 0 unspecified atom stereocenters. The zero-order valence-corrected chi connectivity index (χ0v) is 21.0. The number of ether oxygens (including phenoxy) is 1. The molecule has 0 amide bonds. The Hall–Kier alpha value is -4.38. The summed E-state index contributed by atoms with van der Waals surface area (Å²) in [5.41, 5.74) is 3.92.